The molecule has 0 saturated carbocycles. The summed E-state index contributed by atoms with van der Waals surface area (Å²) in [5, 5.41) is 36.7. The number of carbonyl (C=O) groups is 1. The quantitative estimate of drug-likeness (QED) is 0.583. The fourth-order valence-electron chi connectivity index (χ4n) is 1.54. The molecule has 5 nitrogen and oxygen atoms in total. The van der Waals surface area contributed by atoms with Crippen LogP contribution in [0.1, 0.15) is 27.6 Å². The third kappa shape index (κ3) is 2.38. The van der Waals surface area contributed by atoms with E-state index in [9.17, 15) is 15.0 Å². The van der Waals surface area contributed by atoms with Gasteiger partial charge in [0.2, 0.25) is 0 Å². The van der Waals surface area contributed by atoms with Crippen LogP contribution in [0.25, 0.3) is 0 Å². The van der Waals surface area contributed by atoms with E-state index in [0.29, 0.717) is 5.56 Å². The predicted octanol–water partition coefficient (Wildman–Crippen LogP) is 0.0798. The smallest absolute Gasteiger partial charge is 0.336 e. The molecule has 0 amide bonds. The average molecular weight is 226 g/mol. The molecule has 2 atom stereocenters. The highest BCUT2D eigenvalue weighted by atomic mass is 16.4. The molecule has 1 aromatic rings. The monoisotopic (exact) mass is 226 g/mol. The van der Waals surface area contributed by atoms with E-state index in [0.717, 1.165) is 0 Å². The number of aliphatic hydroxyl groups is 3. The first-order valence-electron chi connectivity index (χ1n) is 4.78. The highest BCUT2D eigenvalue weighted by Gasteiger charge is 2.23. The maximum Gasteiger partial charge on any atom is 0.336 e. The van der Waals surface area contributed by atoms with Crippen LogP contribution < -0.4 is 0 Å². The van der Waals surface area contributed by atoms with Gasteiger partial charge in [0.15, 0.2) is 0 Å². The van der Waals surface area contributed by atoms with Crippen molar-refractivity contribution in [3.63, 3.8) is 0 Å². The Kier molecular flexibility index (Phi) is 4.00. The topological polar surface area (TPSA) is 98.0 Å². The molecule has 0 aliphatic heterocycles. The molecule has 0 aliphatic rings. The maximum atomic E-state index is 11.0. The summed E-state index contributed by atoms with van der Waals surface area (Å²) < 4.78 is 0. The van der Waals surface area contributed by atoms with Crippen LogP contribution in [-0.2, 0) is 0 Å². The number of hydrogen-bond acceptors (Lipinski definition) is 4. The largest absolute Gasteiger partial charge is 0.478 e. The number of carboxylic acids is 1. The maximum absolute atomic E-state index is 11.0. The third-order valence-electron chi connectivity index (χ3n) is 2.39. The number of hydrogen-bond donors (Lipinski definition) is 4. The summed E-state index contributed by atoms with van der Waals surface area (Å²) >= 11 is 0. The van der Waals surface area contributed by atoms with Crippen molar-refractivity contribution < 1.29 is 25.2 Å². The average Bonchev–Trinajstić information content (AvgIpc) is 2.26. The molecule has 16 heavy (non-hydrogen) atoms. The lowest BCUT2D eigenvalue weighted by Crippen LogP contribution is -2.24. The molecule has 1 rings (SSSR count). The van der Waals surface area contributed by atoms with Crippen LogP contribution >= 0.6 is 0 Å². The van der Waals surface area contributed by atoms with Gasteiger partial charge in [-0.15, -0.1) is 0 Å². The number of rotatable bonds is 4. The number of aromatic carboxylic acids is 1. The van der Waals surface area contributed by atoms with E-state index in [-0.39, 0.29) is 11.1 Å². The molecule has 0 aliphatic carbocycles. The van der Waals surface area contributed by atoms with Gasteiger partial charge >= 0.3 is 5.97 Å². The number of carboxylic acid groups (broad SMARTS) is 1. The van der Waals surface area contributed by atoms with Gasteiger partial charge in [-0.25, -0.2) is 4.79 Å². The van der Waals surface area contributed by atoms with Crippen LogP contribution in [0.5, 0.6) is 0 Å². The second-order valence-electron chi connectivity index (χ2n) is 3.54. The van der Waals surface area contributed by atoms with E-state index in [4.69, 9.17) is 10.2 Å². The summed E-state index contributed by atoms with van der Waals surface area (Å²) in [5.74, 6) is -1.17. The van der Waals surface area contributed by atoms with Crippen molar-refractivity contribution in [2.75, 3.05) is 6.61 Å². The molecule has 2 unspecified atom stereocenters. The van der Waals surface area contributed by atoms with Crippen molar-refractivity contribution in [1.29, 1.82) is 0 Å². The van der Waals surface area contributed by atoms with Crippen molar-refractivity contribution in [3.05, 3.63) is 34.9 Å². The molecular formula is C11H14O5. The molecule has 1 aromatic carbocycles. The van der Waals surface area contributed by atoms with Crippen LogP contribution in [0.15, 0.2) is 18.2 Å². The summed E-state index contributed by atoms with van der Waals surface area (Å²) in [6.45, 7) is 0.971. The fourth-order valence-corrected chi connectivity index (χ4v) is 1.54. The molecule has 0 radical (unpaired) electrons. The van der Waals surface area contributed by atoms with E-state index >= 15 is 0 Å². The molecule has 88 valence electrons. The Labute approximate surface area is 92.6 Å². The predicted molar refractivity (Wildman–Crippen MR) is 56.2 cm³/mol. The lowest BCUT2D eigenvalue weighted by atomic mass is 9.95. The molecule has 0 spiro atoms. The third-order valence-corrected chi connectivity index (χ3v) is 2.39. The number of aliphatic hydroxyl groups excluding tert-OH is 3. The Hall–Kier alpha value is -1.43. The van der Waals surface area contributed by atoms with Gasteiger partial charge < -0.3 is 20.4 Å². The van der Waals surface area contributed by atoms with Crippen molar-refractivity contribution >= 4 is 5.97 Å². The molecule has 0 aromatic heterocycles. The lowest BCUT2D eigenvalue weighted by Gasteiger charge is -2.18. The van der Waals surface area contributed by atoms with Gasteiger partial charge in [-0.2, -0.15) is 0 Å². The molecule has 0 bridgehead atoms. The Morgan fingerprint density at radius 2 is 2.00 bits per heavy atom. The van der Waals surface area contributed by atoms with Crippen LogP contribution in [0.3, 0.4) is 0 Å². The minimum Gasteiger partial charge on any atom is -0.478 e. The second kappa shape index (κ2) is 5.07. The standard InChI is InChI=1S/C11H14O5/c1-6-3-2-4-7(9(6)11(15)16)10(14)8(13)5-12/h2-4,8,10,12-14H,5H2,1H3,(H,15,16). The molecule has 5 heteroatoms. The number of benzene rings is 1. The minimum absolute atomic E-state index is 0.0394. The lowest BCUT2D eigenvalue weighted by molar-refractivity contribution is -0.0158. The van der Waals surface area contributed by atoms with Gasteiger partial charge in [-0.05, 0) is 18.1 Å². The van der Waals surface area contributed by atoms with Crippen LogP contribution in [0, 0.1) is 6.92 Å². The zero-order valence-corrected chi connectivity index (χ0v) is 8.79. The molecule has 0 fully saturated rings. The molecule has 4 N–H and O–H groups in total. The summed E-state index contributed by atoms with van der Waals surface area (Å²) in [6, 6.07) is 4.61. The first kappa shape index (κ1) is 12.6. The Bertz CT molecular complexity index is 388. The zero-order chi connectivity index (χ0) is 12.3. The van der Waals surface area contributed by atoms with Gasteiger partial charge in [0, 0.05) is 0 Å². The Morgan fingerprint density at radius 1 is 1.38 bits per heavy atom. The van der Waals surface area contributed by atoms with Gasteiger partial charge in [-0.1, -0.05) is 18.2 Å². The highest BCUT2D eigenvalue weighted by molar-refractivity contribution is 5.91. The fraction of sp³-hybridized carbons (Fsp3) is 0.364. The molecule has 0 saturated heterocycles. The second-order valence-corrected chi connectivity index (χ2v) is 3.54. The van der Waals surface area contributed by atoms with Gasteiger partial charge in [0.25, 0.3) is 0 Å². The normalized spacial score (nSPS) is 14.5. The van der Waals surface area contributed by atoms with Crippen LogP contribution in [-0.4, -0.2) is 39.1 Å². The van der Waals surface area contributed by atoms with Gasteiger partial charge in [0.05, 0.1) is 12.2 Å². The van der Waals surface area contributed by atoms with Gasteiger partial charge in [0.1, 0.15) is 12.2 Å². The summed E-state index contributed by atoms with van der Waals surface area (Å²) in [5.41, 5.74) is 0.561. The Morgan fingerprint density at radius 3 is 2.50 bits per heavy atom. The van der Waals surface area contributed by atoms with Gasteiger partial charge in [-0.3, -0.25) is 0 Å². The molecular weight excluding hydrogens is 212 g/mol. The van der Waals surface area contributed by atoms with E-state index in [2.05, 4.69) is 0 Å². The van der Waals surface area contributed by atoms with Crippen molar-refractivity contribution in [3.8, 4) is 0 Å². The first-order chi connectivity index (χ1) is 7.49. The van der Waals surface area contributed by atoms with E-state index in [1.165, 1.54) is 6.07 Å². The summed E-state index contributed by atoms with van der Waals surface area (Å²) in [7, 11) is 0. The summed E-state index contributed by atoms with van der Waals surface area (Å²) in [4.78, 5) is 11.0. The first-order valence-corrected chi connectivity index (χ1v) is 4.78. The van der Waals surface area contributed by atoms with Crippen LogP contribution in [0.4, 0.5) is 0 Å². The SMILES string of the molecule is Cc1cccc(C(O)C(O)CO)c1C(=O)O. The van der Waals surface area contributed by atoms with E-state index in [1.807, 2.05) is 0 Å². The van der Waals surface area contributed by atoms with Crippen molar-refractivity contribution in [1.82, 2.24) is 0 Å². The number of aryl methyl sites for hydroxylation is 1. The van der Waals surface area contributed by atoms with E-state index in [1.54, 1.807) is 19.1 Å². The van der Waals surface area contributed by atoms with Crippen LogP contribution in [0.2, 0.25) is 0 Å². The zero-order valence-electron chi connectivity index (χ0n) is 8.79. The summed E-state index contributed by atoms with van der Waals surface area (Å²) in [6.07, 6.45) is -2.80. The van der Waals surface area contributed by atoms with E-state index < -0.39 is 24.8 Å². The van der Waals surface area contributed by atoms with Crippen molar-refractivity contribution in [2.45, 2.75) is 19.1 Å². The van der Waals surface area contributed by atoms with Crippen molar-refractivity contribution in [2.24, 2.45) is 0 Å². The highest BCUT2D eigenvalue weighted by Crippen LogP contribution is 2.23. The minimum atomic E-state index is -1.41. The Balaban J connectivity index is 3.22. The molecule has 0 heterocycles.